The van der Waals surface area contributed by atoms with Crippen molar-refractivity contribution in [3.63, 3.8) is 0 Å². The van der Waals surface area contributed by atoms with Crippen LogP contribution in [0.2, 0.25) is 0 Å². The van der Waals surface area contributed by atoms with E-state index in [0.717, 1.165) is 43.1 Å². The molecular formula is C17H21N5O. The van der Waals surface area contributed by atoms with Crippen LogP contribution in [0.5, 0.6) is 0 Å². The number of aromatic nitrogens is 2. The number of nitrogens with zero attached hydrogens (tertiary/aromatic N) is 3. The van der Waals surface area contributed by atoms with Crippen LogP contribution < -0.4 is 10.6 Å². The first-order chi connectivity index (χ1) is 11.2. The van der Waals surface area contributed by atoms with Crippen molar-refractivity contribution in [2.75, 3.05) is 31.5 Å². The number of rotatable bonds is 2. The molecule has 0 radical (unpaired) electrons. The Morgan fingerprint density at radius 1 is 1.35 bits per heavy atom. The maximum Gasteiger partial charge on any atom is 0.254 e. The van der Waals surface area contributed by atoms with Crippen molar-refractivity contribution in [2.24, 2.45) is 7.05 Å². The van der Waals surface area contributed by atoms with E-state index in [4.69, 9.17) is 0 Å². The fourth-order valence-electron chi connectivity index (χ4n) is 3.48. The molecule has 1 fully saturated rings. The number of aryl methyl sites for hydroxylation is 1. The highest BCUT2D eigenvalue weighted by Gasteiger charge is 2.31. The van der Waals surface area contributed by atoms with Crippen molar-refractivity contribution in [1.82, 2.24) is 19.8 Å². The van der Waals surface area contributed by atoms with E-state index in [2.05, 4.69) is 15.6 Å². The van der Waals surface area contributed by atoms with Crippen LogP contribution in [0.4, 0.5) is 5.69 Å². The average Bonchev–Trinajstić information content (AvgIpc) is 3.22. The van der Waals surface area contributed by atoms with Crippen molar-refractivity contribution >= 4 is 11.6 Å². The second-order valence-electron chi connectivity index (χ2n) is 6.16. The predicted octanol–water partition coefficient (Wildman–Crippen LogP) is 1.17. The lowest BCUT2D eigenvalue weighted by Crippen LogP contribution is -2.49. The number of piperazine rings is 1. The summed E-state index contributed by atoms with van der Waals surface area (Å²) < 4.78 is 1.99. The maximum absolute atomic E-state index is 13.1. The molecule has 23 heavy (non-hydrogen) atoms. The van der Waals surface area contributed by atoms with E-state index in [1.54, 1.807) is 6.20 Å². The average molecular weight is 311 g/mol. The summed E-state index contributed by atoms with van der Waals surface area (Å²) in [5.74, 6) is 1.02. The fraction of sp³-hybridized carbons (Fsp3) is 0.412. The van der Waals surface area contributed by atoms with Crippen LogP contribution in [-0.2, 0) is 13.5 Å². The Labute approximate surface area is 135 Å². The van der Waals surface area contributed by atoms with Gasteiger partial charge in [0.2, 0.25) is 0 Å². The van der Waals surface area contributed by atoms with Gasteiger partial charge in [-0.15, -0.1) is 0 Å². The molecule has 0 bridgehead atoms. The number of hydrogen-bond donors (Lipinski definition) is 2. The Morgan fingerprint density at radius 3 is 3.09 bits per heavy atom. The minimum absolute atomic E-state index is 0.0253. The van der Waals surface area contributed by atoms with Crippen molar-refractivity contribution in [3.05, 3.63) is 47.5 Å². The number of benzene rings is 1. The predicted molar refractivity (Wildman–Crippen MR) is 88.5 cm³/mol. The van der Waals surface area contributed by atoms with Gasteiger partial charge in [-0.2, -0.15) is 0 Å². The molecule has 4 rings (SSSR count). The highest BCUT2D eigenvalue weighted by molar-refractivity contribution is 5.95. The molecule has 0 aliphatic carbocycles. The summed E-state index contributed by atoms with van der Waals surface area (Å²) in [6, 6.07) is 5.96. The van der Waals surface area contributed by atoms with Crippen LogP contribution in [0.15, 0.2) is 30.6 Å². The van der Waals surface area contributed by atoms with Gasteiger partial charge in [0.25, 0.3) is 5.91 Å². The smallest absolute Gasteiger partial charge is 0.254 e. The zero-order valence-electron chi connectivity index (χ0n) is 13.2. The van der Waals surface area contributed by atoms with Crippen molar-refractivity contribution in [1.29, 1.82) is 0 Å². The number of hydrogen-bond acceptors (Lipinski definition) is 4. The van der Waals surface area contributed by atoms with Crippen molar-refractivity contribution in [3.8, 4) is 0 Å². The van der Waals surface area contributed by atoms with Crippen molar-refractivity contribution in [2.45, 2.75) is 12.5 Å². The van der Waals surface area contributed by atoms with E-state index in [1.807, 2.05) is 40.9 Å². The summed E-state index contributed by atoms with van der Waals surface area (Å²) >= 11 is 0. The number of fused-ring (bicyclic) bond motifs is 1. The molecule has 2 aliphatic rings. The van der Waals surface area contributed by atoms with Crippen LogP contribution >= 0.6 is 0 Å². The number of carbonyl (C=O) groups excluding carboxylic acids is 1. The summed E-state index contributed by atoms with van der Waals surface area (Å²) in [6.45, 7) is 3.21. The van der Waals surface area contributed by atoms with Gasteiger partial charge in [0.1, 0.15) is 11.9 Å². The molecule has 2 aliphatic heterocycles. The third kappa shape index (κ3) is 2.49. The van der Waals surface area contributed by atoms with E-state index in [9.17, 15) is 4.79 Å². The fourth-order valence-corrected chi connectivity index (χ4v) is 3.48. The number of anilines is 1. The third-order valence-electron chi connectivity index (χ3n) is 4.72. The van der Waals surface area contributed by atoms with Crippen molar-refractivity contribution < 1.29 is 4.79 Å². The van der Waals surface area contributed by atoms with Crippen LogP contribution in [-0.4, -0.2) is 46.5 Å². The first kappa shape index (κ1) is 14.3. The number of carbonyl (C=O) groups is 1. The first-order valence-corrected chi connectivity index (χ1v) is 8.10. The van der Waals surface area contributed by atoms with E-state index in [1.165, 1.54) is 5.56 Å². The number of amides is 1. The summed E-state index contributed by atoms with van der Waals surface area (Å²) in [4.78, 5) is 19.4. The number of imidazole rings is 1. The molecule has 3 heterocycles. The van der Waals surface area contributed by atoms with Crippen LogP contribution in [0.1, 0.15) is 27.8 Å². The van der Waals surface area contributed by atoms with Gasteiger partial charge >= 0.3 is 0 Å². The topological polar surface area (TPSA) is 62.2 Å². The standard InChI is InChI=1S/C17H21N5O/c1-21-8-7-20-16(21)15-11-18-6-9-22(15)17(23)13-2-3-14-12(10-13)4-5-19-14/h2-3,7-8,10,15,18-19H,4-6,9,11H2,1H3. The Balaban J connectivity index is 1.64. The van der Waals surface area contributed by atoms with Gasteiger partial charge in [-0.25, -0.2) is 4.98 Å². The molecule has 1 aromatic heterocycles. The molecular weight excluding hydrogens is 290 g/mol. The summed E-state index contributed by atoms with van der Waals surface area (Å²) in [5, 5.41) is 6.71. The lowest BCUT2D eigenvalue weighted by atomic mass is 10.1. The lowest BCUT2D eigenvalue weighted by molar-refractivity contribution is 0.0621. The molecule has 0 saturated carbocycles. The molecule has 120 valence electrons. The van der Waals surface area contributed by atoms with E-state index < -0.39 is 0 Å². The summed E-state index contributed by atoms with van der Waals surface area (Å²) in [5.41, 5.74) is 3.16. The minimum atomic E-state index is -0.0253. The van der Waals surface area contributed by atoms with Crippen LogP contribution in [0.3, 0.4) is 0 Å². The van der Waals surface area contributed by atoms with Crippen LogP contribution in [0.25, 0.3) is 0 Å². The third-order valence-corrected chi connectivity index (χ3v) is 4.72. The van der Waals surface area contributed by atoms with Gasteiger partial charge in [0, 0.05) is 56.9 Å². The largest absolute Gasteiger partial charge is 0.384 e. The molecule has 1 unspecified atom stereocenters. The molecule has 1 atom stereocenters. The molecule has 2 aromatic rings. The van der Waals surface area contributed by atoms with E-state index in [-0.39, 0.29) is 11.9 Å². The maximum atomic E-state index is 13.1. The SMILES string of the molecule is Cn1ccnc1C1CNCCN1C(=O)c1ccc2c(c1)CCN2. The van der Waals surface area contributed by atoms with E-state index >= 15 is 0 Å². The van der Waals surface area contributed by atoms with Gasteiger partial charge in [-0.3, -0.25) is 4.79 Å². The molecule has 6 nitrogen and oxygen atoms in total. The zero-order valence-corrected chi connectivity index (χ0v) is 13.2. The summed E-state index contributed by atoms with van der Waals surface area (Å²) in [6.07, 6.45) is 4.70. The van der Waals surface area contributed by atoms with Gasteiger partial charge in [-0.1, -0.05) is 0 Å². The van der Waals surface area contributed by atoms with Gasteiger partial charge in [0.05, 0.1) is 0 Å². The molecule has 1 saturated heterocycles. The molecule has 6 heteroatoms. The molecule has 1 aromatic carbocycles. The molecule has 1 amide bonds. The quantitative estimate of drug-likeness (QED) is 0.874. The monoisotopic (exact) mass is 311 g/mol. The second-order valence-corrected chi connectivity index (χ2v) is 6.16. The minimum Gasteiger partial charge on any atom is -0.384 e. The Bertz CT molecular complexity index is 738. The van der Waals surface area contributed by atoms with Gasteiger partial charge < -0.3 is 20.1 Å². The Morgan fingerprint density at radius 2 is 2.26 bits per heavy atom. The van der Waals surface area contributed by atoms with E-state index in [0.29, 0.717) is 6.54 Å². The first-order valence-electron chi connectivity index (χ1n) is 8.10. The highest BCUT2D eigenvalue weighted by atomic mass is 16.2. The number of nitrogens with one attached hydrogen (secondary N) is 2. The Hall–Kier alpha value is -2.34. The summed E-state index contributed by atoms with van der Waals surface area (Å²) in [7, 11) is 1.97. The van der Waals surface area contributed by atoms with Gasteiger partial charge in [-0.05, 0) is 30.2 Å². The zero-order chi connectivity index (χ0) is 15.8. The van der Waals surface area contributed by atoms with Crippen LogP contribution in [0, 0.1) is 0 Å². The normalized spacial score (nSPS) is 20.2. The highest BCUT2D eigenvalue weighted by Crippen LogP contribution is 2.26. The molecule has 2 N–H and O–H groups in total. The van der Waals surface area contributed by atoms with Gasteiger partial charge in [0.15, 0.2) is 0 Å². The molecule has 0 spiro atoms. The lowest BCUT2D eigenvalue weighted by Gasteiger charge is -2.35. The second kappa shape index (κ2) is 5.70. The Kier molecular flexibility index (Phi) is 3.53.